The molecule has 3 heterocycles. The Labute approximate surface area is 145 Å². The first-order valence-electron chi connectivity index (χ1n) is 8.78. The molecular formula is C17H23N3O3S. The fourth-order valence-corrected chi connectivity index (χ4v) is 4.63. The number of morpholine rings is 1. The van der Waals surface area contributed by atoms with Crippen molar-refractivity contribution >= 4 is 29.0 Å². The van der Waals surface area contributed by atoms with Gasteiger partial charge in [-0.15, -0.1) is 11.3 Å². The Balaban J connectivity index is 1.56. The SMILES string of the molecule is C[C@@H]1CN(C(=O)c2nc3c(s2)CCCN3C(=O)C2CC2)C[C@@H](C)O1. The van der Waals surface area contributed by atoms with Crippen LogP contribution in [0.3, 0.4) is 0 Å². The van der Waals surface area contributed by atoms with Gasteiger partial charge >= 0.3 is 0 Å². The van der Waals surface area contributed by atoms with Crippen LogP contribution in [0.2, 0.25) is 0 Å². The minimum atomic E-state index is -0.0322. The lowest BCUT2D eigenvalue weighted by Gasteiger charge is -2.34. The van der Waals surface area contributed by atoms with E-state index < -0.39 is 0 Å². The Morgan fingerprint density at radius 2 is 1.92 bits per heavy atom. The summed E-state index contributed by atoms with van der Waals surface area (Å²) in [6.45, 7) is 5.89. The van der Waals surface area contributed by atoms with E-state index in [2.05, 4.69) is 4.98 Å². The van der Waals surface area contributed by atoms with Crippen molar-refractivity contribution in [2.75, 3.05) is 24.5 Å². The number of aromatic nitrogens is 1. The molecule has 1 aliphatic carbocycles. The summed E-state index contributed by atoms with van der Waals surface area (Å²) >= 11 is 1.46. The zero-order valence-corrected chi connectivity index (χ0v) is 15.0. The van der Waals surface area contributed by atoms with Crippen LogP contribution in [0.1, 0.15) is 47.8 Å². The summed E-state index contributed by atoms with van der Waals surface area (Å²) in [5, 5.41) is 0.511. The van der Waals surface area contributed by atoms with E-state index in [4.69, 9.17) is 4.74 Å². The van der Waals surface area contributed by atoms with Gasteiger partial charge in [0.05, 0.1) is 12.2 Å². The van der Waals surface area contributed by atoms with Gasteiger partial charge in [0, 0.05) is 30.4 Å². The minimum absolute atomic E-state index is 0.0322. The summed E-state index contributed by atoms with van der Waals surface area (Å²) < 4.78 is 5.70. The third-order valence-electron chi connectivity index (χ3n) is 4.80. The summed E-state index contributed by atoms with van der Waals surface area (Å²) in [7, 11) is 0. The molecule has 2 amide bonds. The van der Waals surface area contributed by atoms with E-state index in [0.717, 1.165) is 42.9 Å². The Morgan fingerprint density at radius 3 is 2.58 bits per heavy atom. The van der Waals surface area contributed by atoms with Gasteiger partial charge in [-0.2, -0.15) is 0 Å². The quantitative estimate of drug-likeness (QED) is 0.820. The standard InChI is InChI=1S/C17H23N3O3S/c1-10-8-19(9-11(2)23-10)17(22)15-18-14-13(24-15)4-3-7-20(14)16(21)12-5-6-12/h10-12H,3-9H2,1-2H3/t10-,11-/m1/s1. The molecule has 0 radical (unpaired) electrons. The van der Waals surface area contributed by atoms with Crippen LogP contribution < -0.4 is 4.90 Å². The predicted molar refractivity (Wildman–Crippen MR) is 91.4 cm³/mol. The summed E-state index contributed by atoms with van der Waals surface area (Å²) in [5.74, 6) is 1.07. The Morgan fingerprint density at radius 1 is 1.21 bits per heavy atom. The van der Waals surface area contributed by atoms with Gasteiger partial charge < -0.3 is 9.64 Å². The highest BCUT2D eigenvalue weighted by Crippen LogP contribution is 2.37. The number of rotatable bonds is 2. The highest BCUT2D eigenvalue weighted by atomic mass is 32.1. The van der Waals surface area contributed by atoms with E-state index in [1.807, 2.05) is 23.6 Å². The number of thiazole rings is 1. The van der Waals surface area contributed by atoms with Crippen molar-refractivity contribution in [3.63, 3.8) is 0 Å². The van der Waals surface area contributed by atoms with Crippen molar-refractivity contribution < 1.29 is 14.3 Å². The van der Waals surface area contributed by atoms with Gasteiger partial charge in [0.15, 0.2) is 5.01 Å². The van der Waals surface area contributed by atoms with Crippen molar-refractivity contribution in [1.82, 2.24) is 9.88 Å². The zero-order chi connectivity index (χ0) is 16.8. The molecular weight excluding hydrogens is 326 g/mol. The molecule has 1 saturated carbocycles. The fraction of sp³-hybridized carbons (Fsp3) is 0.706. The van der Waals surface area contributed by atoms with Crippen LogP contribution in [0, 0.1) is 5.92 Å². The molecule has 3 aliphatic rings. The molecule has 130 valence electrons. The van der Waals surface area contributed by atoms with E-state index in [0.29, 0.717) is 18.1 Å². The van der Waals surface area contributed by atoms with Crippen molar-refractivity contribution in [1.29, 1.82) is 0 Å². The maximum absolute atomic E-state index is 12.8. The number of ether oxygens (including phenoxy) is 1. The van der Waals surface area contributed by atoms with Gasteiger partial charge in [-0.25, -0.2) is 4.98 Å². The highest BCUT2D eigenvalue weighted by molar-refractivity contribution is 7.14. The van der Waals surface area contributed by atoms with Crippen molar-refractivity contribution in [2.45, 2.75) is 51.7 Å². The van der Waals surface area contributed by atoms with E-state index in [-0.39, 0.29) is 29.9 Å². The van der Waals surface area contributed by atoms with Crippen molar-refractivity contribution in [3.05, 3.63) is 9.88 Å². The molecule has 1 saturated heterocycles. The van der Waals surface area contributed by atoms with Crippen LogP contribution in [0.4, 0.5) is 5.82 Å². The molecule has 0 N–H and O–H groups in total. The van der Waals surface area contributed by atoms with Crippen LogP contribution in [0.15, 0.2) is 0 Å². The number of aryl methyl sites for hydroxylation is 1. The number of fused-ring (bicyclic) bond motifs is 1. The van der Waals surface area contributed by atoms with Gasteiger partial charge in [-0.1, -0.05) is 0 Å². The lowest BCUT2D eigenvalue weighted by molar-refractivity contribution is -0.119. The second kappa shape index (κ2) is 6.11. The number of amides is 2. The van der Waals surface area contributed by atoms with Crippen molar-refractivity contribution in [3.8, 4) is 0 Å². The molecule has 1 aromatic heterocycles. The van der Waals surface area contributed by atoms with Crippen LogP contribution in [-0.4, -0.2) is 53.5 Å². The molecule has 2 atom stereocenters. The molecule has 1 aromatic rings. The monoisotopic (exact) mass is 349 g/mol. The molecule has 0 bridgehead atoms. The second-order valence-electron chi connectivity index (χ2n) is 7.10. The van der Waals surface area contributed by atoms with E-state index in [1.54, 1.807) is 0 Å². The van der Waals surface area contributed by atoms with E-state index >= 15 is 0 Å². The number of carbonyl (C=O) groups excluding carboxylic acids is 2. The first-order valence-corrected chi connectivity index (χ1v) is 9.60. The topological polar surface area (TPSA) is 62.7 Å². The van der Waals surface area contributed by atoms with Gasteiger partial charge in [-0.05, 0) is 39.5 Å². The summed E-state index contributed by atoms with van der Waals surface area (Å²) in [6, 6.07) is 0. The highest BCUT2D eigenvalue weighted by Gasteiger charge is 2.38. The third-order valence-corrected chi connectivity index (χ3v) is 5.89. The number of hydrogen-bond donors (Lipinski definition) is 0. The lowest BCUT2D eigenvalue weighted by atomic mass is 10.1. The molecule has 0 spiro atoms. The lowest BCUT2D eigenvalue weighted by Crippen LogP contribution is -2.48. The average molecular weight is 349 g/mol. The molecule has 2 fully saturated rings. The first kappa shape index (κ1) is 16.0. The van der Waals surface area contributed by atoms with Crippen LogP contribution in [0.5, 0.6) is 0 Å². The molecule has 24 heavy (non-hydrogen) atoms. The van der Waals surface area contributed by atoms with Crippen molar-refractivity contribution in [2.24, 2.45) is 5.92 Å². The predicted octanol–water partition coefficient (Wildman–Crippen LogP) is 2.08. The number of anilines is 1. The van der Waals surface area contributed by atoms with Crippen LogP contribution in [0.25, 0.3) is 0 Å². The maximum Gasteiger partial charge on any atom is 0.283 e. The molecule has 4 rings (SSSR count). The minimum Gasteiger partial charge on any atom is -0.372 e. The largest absolute Gasteiger partial charge is 0.372 e. The first-order chi connectivity index (χ1) is 11.5. The Kier molecular flexibility index (Phi) is 4.08. The third kappa shape index (κ3) is 2.95. The normalized spacial score (nSPS) is 27.1. The summed E-state index contributed by atoms with van der Waals surface area (Å²) in [6.07, 6.45) is 3.92. The molecule has 2 aliphatic heterocycles. The molecule has 6 nitrogen and oxygen atoms in total. The van der Waals surface area contributed by atoms with E-state index in [1.165, 1.54) is 11.3 Å². The summed E-state index contributed by atoms with van der Waals surface area (Å²) in [4.78, 5) is 34.6. The Bertz CT molecular complexity index is 660. The number of carbonyl (C=O) groups is 2. The number of nitrogens with zero attached hydrogens (tertiary/aromatic N) is 3. The van der Waals surface area contributed by atoms with Gasteiger partial charge in [0.25, 0.3) is 5.91 Å². The fourth-order valence-electron chi connectivity index (χ4n) is 3.56. The molecule has 0 unspecified atom stereocenters. The molecule has 0 aromatic carbocycles. The Hall–Kier alpha value is -1.47. The van der Waals surface area contributed by atoms with Gasteiger partial charge in [0.1, 0.15) is 5.82 Å². The van der Waals surface area contributed by atoms with Gasteiger partial charge in [-0.3, -0.25) is 14.5 Å². The smallest absolute Gasteiger partial charge is 0.283 e. The van der Waals surface area contributed by atoms with Gasteiger partial charge in [0.2, 0.25) is 5.91 Å². The molecule has 7 heteroatoms. The zero-order valence-electron chi connectivity index (χ0n) is 14.2. The second-order valence-corrected chi connectivity index (χ2v) is 8.18. The summed E-state index contributed by atoms with van der Waals surface area (Å²) in [5.41, 5.74) is 0. The average Bonchev–Trinajstić information content (AvgIpc) is 3.30. The van der Waals surface area contributed by atoms with E-state index in [9.17, 15) is 9.59 Å². The van der Waals surface area contributed by atoms with Crippen LogP contribution >= 0.6 is 11.3 Å². The number of hydrogen-bond acceptors (Lipinski definition) is 5. The maximum atomic E-state index is 12.8. The van der Waals surface area contributed by atoms with Crippen LogP contribution in [-0.2, 0) is 16.0 Å².